The Morgan fingerprint density at radius 1 is 1.37 bits per heavy atom. The Labute approximate surface area is 116 Å². The Morgan fingerprint density at radius 2 is 2.11 bits per heavy atom. The maximum Gasteiger partial charge on any atom is 0.131 e. The minimum atomic E-state index is 0.346. The van der Waals surface area contributed by atoms with E-state index in [4.69, 9.17) is 5.73 Å². The van der Waals surface area contributed by atoms with Crippen LogP contribution in [-0.4, -0.2) is 22.6 Å². The molecule has 0 aromatic carbocycles. The molecule has 2 N–H and O–H groups in total. The summed E-state index contributed by atoms with van der Waals surface area (Å²) >= 11 is 0. The summed E-state index contributed by atoms with van der Waals surface area (Å²) in [6, 6.07) is 0.596. The molecule has 0 saturated carbocycles. The van der Waals surface area contributed by atoms with Crippen molar-refractivity contribution >= 4 is 5.69 Å². The first-order valence-corrected chi connectivity index (χ1v) is 7.37. The zero-order valence-corrected chi connectivity index (χ0v) is 12.6. The lowest BCUT2D eigenvalue weighted by atomic mass is 10.0. The number of hydrogen-bond donors (Lipinski definition) is 1. The van der Waals surface area contributed by atoms with Crippen molar-refractivity contribution in [1.29, 1.82) is 0 Å². The van der Waals surface area contributed by atoms with E-state index in [1.165, 1.54) is 12.8 Å². The smallest absolute Gasteiger partial charge is 0.131 e. The highest BCUT2D eigenvalue weighted by atomic mass is 15.2. The summed E-state index contributed by atoms with van der Waals surface area (Å²) in [7, 11) is 0. The molecule has 1 aliphatic rings. The van der Waals surface area contributed by atoms with Crippen LogP contribution in [0.3, 0.4) is 0 Å². The van der Waals surface area contributed by atoms with Crippen LogP contribution in [0, 0.1) is 5.92 Å². The van der Waals surface area contributed by atoms with E-state index in [1.54, 1.807) is 0 Å². The third kappa shape index (κ3) is 2.89. The molecule has 0 amide bonds. The van der Waals surface area contributed by atoms with Crippen molar-refractivity contribution in [2.75, 3.05) is 11.4 Å². The van der Waals surface area contributed by atoms with E-state index in [0.717, 1.165) is 23.8 Å². The van der Waals surface area contributed by atoms with E-state index >= 15 is 0 Å². The van der Waals surface area contributed by atoms with Crippen molar-refractivity contribution in [3.8, 4) is 0 Å². The Bertz CT molecular complexity index is 428. The molecule has 1 aromatic heterocycles. The van der Waals surface area contributed by atoms with Crippen LogP contribution in [0.2, 0.25) is 0 Å². The average Bonchev–Trinajstić information content (AvgIpc) is 2.87. The minimum Gasteiger partial charge on any atom is -0.366 e. The van der Waals surface area contributed by atoms with E-state index in [-0.39, 0.29) is 0 Å². The molecule has 1 saturated heterocycles. The van der Waals surface area contributed by atoms with Crippen LogP contribution < -0.4 is 10.6 Å². The van der Waals surface area contributed by atoms with Gasteiger partial charge >= 0.3 is 0 Å². The van der Waals surface area contributed by atoms with Crippen LogP contribution >= 0.6 is 0 Å². The average molecular weight is 262 g/mol. The second-order valence-corrected chi connectivity index (χ2v) is 6.07. The predicted molar refractivity (Wildman–Crippen MR) is 79.2 cm³/mol. The fraction of sp³-hybridized carbons (Fsp3) is 0.733. The van der Waals surface area contributed by atoms with E-state index in [9.17, 15) is 0 Å². The molecule has 4 heteroatoms. The van der Waals surface area contributed by atoms with Crippen molar-refractivity contribution in [3.63, 3.8) is 0 Å². The van der Waals surface area contributed by atoms with E-state index in [0.29, 0.717) is 24.4 Å². The van der Waals surface area contributed by atoms with Crippen LogP contribution in [0.1, 0.15) is 58.0 Å². The van der Waals surface area contributed by atoms with E-state index < -0.39 is 0 Å². The highest BCUT2D eigenvalue weighted by Crippen LogP contribution is 2.31. The SMILES string of the molecule is CC(C)c1ncc(N2CCCC2C(C)C)c(CN)n1. The molecular weight excluding hydrogens is 236 g/mol. The summed E-state index contributed by atoms with van der Waals surface area (Å²) < 4.78 is 0. The van der Waals surface area contributed by atoms with Gasteiger partial charge in [-0.2, -0.15) is 0 Å². The lowest BCUT2D eigenvalue weighted by Gasteiger charge is -2.30. The molecule has 1 aromatic rings. The lowest BCUT2D eigenvalue weighted by Crippen LogP contribution is -2.34. The van der Waals surface area contributed by atoms with Gasteiger partial charge in [0.2, 0.25) is 0 Å². The fourth-order valence-electron chi connectivity index (χ4n) is 2.88. The van der Waals surface area contributed by atoms with Gasteiger partial charge in [-0.05, 0) is 18.8 Å². The fourth-order valence-corrected chi connectivity index (χ4v) is 2.88. The molecule has 1 atom stereocenters. The normalized spacial score (nSPS) is 19.7. The van der Waals surface area contributed by atoms with Gasteiger partial charge in [-0.3, -0.25) is 0 Å². The van der Waals surface area contributed by atoms with Crippen LogP contribution in [0.15, 0.2) is 6.20 Å². The van der Waals surface area contributed by atoms with Crippen molar-refractivity contribution in [2.45, 2.75) is 59.0 Å². The van der Waals surface area contributed by atoms with Crippen molar-refractivity contribution < 1.29 is 0 Å². The molecule has 0 spiro atoms. The number of hydrogen-bond acceptors (Lipinski definition) is 4. The summed E-state index contributed by atoms with van der Waals surface area (Å²) in [5.41, 5.74) is 8.03. The summed E-state index contributed by atoms with van der Waals surface area (Å²) in [6.45, 7) is 10.4. The van der Waals surface area contributed by atoms with Gasteiger partial charge in [0.15, 0.2) is 0 Å². The summed E-state index contributed by atoms with van der Waals surface area (Å²) in [5, 5.41) is 0. The first-order valence-electron chi connectivity index (χ1n) is 7.37. The number of aromatic nitrogens is 2. The minimum absolute atomic E-state index is 0.346. The Balaban J connectivity index is 2.33. The van der Waals surface area contributed by atoms with Crippen molar-refractivity contribution in [3.05, 3.63) is 17.7 Å². The second-order valence-electron chi connectivity index (χ2n) is 6.07. The van der Waals surface area contributed by atoms with Gasteiger partial charge in [0.25, 0.3) is 0 Å². The molecule has 4 nitrogen and oxygen atoms in total. The van der Waals surface area contributed by atoms with Crippen LogP contribution in [0.5, 0.6) is 0 Å². The third-order valence-corrected chi connectivity index (χ3v) is 3.95. The molecule has 2 rings (SSSR count). The topological polar surface area (TPSA) is 55.0 Å². The molecule has 106 valence electrons. The first kappa shape index (κ1) is 14.3. The molecule has 19 heavy (non-hydrogen) atoms. The third-order valence-electron chi connectivity index (χ3n) is 3.95. The molecule has 2 heterocycles. The Kier molecular flexibility index (Phi) is 4.40. The zero-order chi connectivity index (χ0) is 14.0. The molecule has 1 fully saturated rings. The number of rotatable bonds is 4. The van der Waals surface area contributed by atoms with E-state index in [2.05, 4.69) is 42.6 Å². The van der Waals surface area contributed by atoms with Crippen LogP contribution in [-0.2, 0) is 6.54 Å². The first-order chi connectivity index (χ1) is 9.04. The van der Waals surface area contributed by atoms with Crippen LogP contribution in [0.4, 0.5) is 5.69 Å². The summed E-state index contributed by atoms with van der Waals surface area (Å²) in [5.74, 6) is 1.89. The number of nitrogens with two attached hydrogens (primary N) is 1. The molecule has 1 unspecified atom stereocenters. The Hall–Kier alpha value is -1.16. The molecule has 1 aliphatic heterocycles. The molecule has 0 bridgehead atoms. The quantitative estimate of drug-likeness (QED) is 0.906. The Morgan fingerprint density at radius 3 is 2.68 bits per heavy atom. The van der Waals surface area contributed by atoms with Gasteiger partial charge in [0, 0.05) is 25.0 Å². The van der Waals surface area contributed by atoms with E-state index in [1.807, 2.05) is 6.20 Å². The van der Waals surface area contributed by atoms with Gasteiger partial charge in [0.1, 0.15) is 5.82 Å². The number of nitrogens with zero attached hydrogens (tertiary/aromatic N) is 3. The molecular formula is C15H26N4. The van der Waals surface area contributed by atoms with Gasteiger partial charge in [0.05, 0.1) is 17.6 Å². The maximum atomic E-state index is 5.89. The number of anilines is 1. The standard InChI is InChI=1S/C15H26N4/c1-10(2)13-6-5-7-19(13)14-9-17-15(11(3)4)18-12(14)8-16/h9-11,13H,5-8,16H2,1-4H3. The molecule has 0 radical (unpaired) electrons. The van der Waals surface area contributed by atoms with Crippen LogP contribution in [0.25, 0.3) is 0 Å². The summed E-state index contributed by atoms with van der Waals surface area (Å²) in [6.07, 6.45) is 4.48. The van der Waals surface area contributed by atoms with Gasteiger partial charge < -0.3 is 10.6 Å². The molecule has 0 aliphatic carbocycles. The summed E-state index contributed by atoms with van der Waals surface area (Å²) in [4.78, 5) is 11.6. The van der Waals surface area contributed by atoms with Crippen molar-refractivity contribution in [1.82, 2.24) is 9.97 Å². The van der Waals surface area contributed by atoms with Gasteiger partial charge in [-0.15, -0.1) is 0 Å². The van der Waals surface area contributed by atoms with Gasteiger partial charge in [-0.25, -0.2) is 9.97 Å². The van der Waals surface area contributed by atoms with Gasteiger partial charge in [-0.1, -0.05) is 27.7 Å². The van der Waals surface area contributed by atoms with Crippen molar-refractivity contribution in [2.24, 2.45) is 11.7 Å². The highest BCUT2D eigenvalue weighted by molar-refractivity contribution is 5.51. The predicted octanol–water partition coefficient (Wildman–Crippen LogP) is 2.68. The zero-order valence-electron chi connectivity index (χ0n) is 12.6. The monoisotopic (exact) mass is 262 g/mol. The maximum absolute atomic E-state index is 5.89. The second kappa shape index (κ2) is 5.87. The largest absolute Gasteiger partial charge is 0.366 e. The lowest BCUT2D eigenvalue weighted by molar-refractivity contribution is 0.490. The highest BCUT2D eigenvalue weighted by Gasteiger charge is 2.29.